The average molecular weight is 212 g/mol. The predicted octanol–water partition coefficient (Wildman–Crippen LogP) is 1.38. The van der Waals surface area contributed by atoms with Gasteiger partial charge < -0.3 is 8.58 Å². The van der Waals surface area contributed by atoms with Crippen molar-refractivity contribution in [3.63, 3.8) is 0 Å². The molecule has 0 saturated carbocycles. The Kier molecular flexibility index (Phi) is 3.97. The van der Waals surface area contributed by atoms with Gasteiger partial charge in [-0.3, -0.25) is 0 Å². The lowest BCUT2D eigenvalue weighted by molar-refractivity contribution is 0.469. The summed E-state index contributed by atoms with van der Waals surface area (Å²) in [5.74, 6) is 0. The van der Waals surface area contributed by atoms with Gasteiger partial charge in [-0.2, -0.15) is 0 Å². The van der Waals surface area contributed by atoms with Crippen LogP contribution in [0.15, 0.2) is 5.16 Å². The van der Waals surface area contributed by atoms with Crippen molar-refractivity contribution in [3.05, 3.63) is 0 Å². The molecule has 3 nitrogen and oxygen atoms in total. The van der Waals surface area contributed by atoms with E-state index in [1.165, 1.54) is 6.21 Å². The van der Waals surface area contributed by atoms with Gasteiger partial charge in [0.15, 0.2) is 0 Å². The second-order valence-electron chi connectivity index (χ2n) is 0.987. The van der Waals surface area contributed by atoms with Crippen LogP contribution in [0, 0.1) is 5.41 Å². The molecule has 0 spiro atoms. The van der Waals surface area contributed by atoms with Crippen molar-refractivity contribution in [2.75, 3.05) is 0 Å². The molecule has 40 valence electrons. The summed E-state index contributed by atoms with van der Waals surface area (Å²) in [5.41, 5.74) is 0.386. The van der Waals surface area contributed by atoms with Crippen molar-refractivity contribution in [2.24, 2.45) is 5.16 Å². The lowest BCUT2D eigenvalue weighted by Gasteiger charge is -1.78. The van der Waals surface area contributed by atoms with Gasteiger partial charge in [0.2, 0.25) is 23.0 Å². The molecule has 0 unspecified atom stereocenters. The van der Waals surface area contributed by atoms with Crippen LogP contribution in [0.4, 0.5) is 0 Å². The van der Waals surface area contributed by atoms with Crippen LogP contribution in [0.3, 0.4) is 0 Å². The first-order chi connectivity index (χ1) is 3.27. The standard InChI is InChI=1S/C3H5IN2O/c1-3(5)2-6-7-4/h2,5H,1H3/b5-3?,6-2-. The lowest BCUT2D eigenvalue weighted by Crippen LogP contribution is -1.86. The molecule has 0 atom stereocenters. The fourth-order valence-corrected chi connectivity index (χ4v) is 0.213. The molecule has 0 aliphatic rings. The van der Waals surface area contributed by atoms with Crippen LogP contribution < -0.4 is 0 Å². The second kappa shape index (κ2) is 4.04. The molecule has 0 aliphatic carbocycles. The minimum absolute atomic E-state index is 0.386. The number of nitrogens with one attached hydrogen (secondary N) is 1. The minimum atomic E-state index is 0.386. The number of halogens is 1. The first-order valence-corrected chi connectivity index (χ1v) is 2.51. The molecule has 0 fully saturated rings. The summed E-state index contributed by atoms with van der Waals surface area (Å²) in [7, 11) is 0. The molecule has 0 radical (unpaired) electrons. The van der Waals surface area contributed by atoms with E-state index in [2.05, 4.69) is 8.32 Å². The number of oxime groups is 1. The van der Waals surface area contributed by atoms with E-state index >= 15 is 0 Å². The molecule has 0 aromatic rings. The van der Waals surface area contributed by atoms with Gasteiger partial charge in [-0.15, -0.1) is 0 Å². The smallest absolute Gasteiger partial charge is 0.230 e. The minimum Gasteiger partial charge on any atom is -0.327 e. The van der Waals surface area contributed by atoms with Crippen molar-refractivity contribution in [1.82, 2.24) is 0 Å². The van der Waals surface area contributed by atoms with Crippen molar-refractivity contribution in [3.8, 4) is 0 Å². The molecule has 4 heteroatoms. The van der Waals surface area contributed by atoms with Crippen molar-refractivity contribution >= 4 is 34.9 Å². The monoisotopic (exact) mass is 212 g/mol. The molecule has 0 heterocycles. The Morgan fingerprint density at radius 2 is 2.57 bits per heavy atom. The molecule has 7 heavy (non-hydrogen) atoms. The highest BCUT2D eigenvalue weighted by Crippen LogP contribution is 1.82. The topological polar surface area (TPSA) is 45.4 Å². The molecular formula is C3H5IN2O. The molecule has 0 aromatic carbocycles. The molecule has 0 saturated heterocycles. The van der Waals surface area contributed by atoms with E-state index in [0.29, 0.717) is 5.71 Å². The molecule has 0 rings (SSSR count). The quantitative estimate of drug-likeness (QED) is 0.419. The third kappa shape index (κ3) is 5.87. The Morgan fingerprint density at radius 1 is 2.00 bits per heavy atom. The third-order valence-corrected chi connectivity index (χ3v) is 0.514. The molecule has 1 N–H and O–H groups in total. The zero-order valence-electron chi connectivity index (χ0n) is 3.81. The fourth-order valence-electron chi connectivity index (χ4n) is 0.0990. The Hall–Kier alpha value is -0.130. The summed E-state index contributed by atoms with van der Waals surface area (Å²) in [5, 5.41) is 10.1. The van der Waals surface area contributed by atoms with Crippen molar-refractivity contribution < 1.29 is 3.17 Å². The fraction of sp³-hybridized carbons (Fsp3) is 0.333. The lowest BCUT2D eigenvalue weighted by atomic mass is 10.5. The summed E-state index contributed by atoms with van der Waals surface area (Å²) < 4.78 is 4.25. The summed E-state index contributed by atoms with van der Waals surface area (Å²) in [4.78, 5) is 0. The Balaban J connectivity index is 3.26. The van der Waals surface area contributed by atoms with Crippen molar-refractivity contribution in [1.29, 1.82) is 5.41 Å². The second-order valence-corrected chi connectivity index (χ2v) is 1.38. The number of hydrogen-bond donors (Lipinski definition) is 1. The highest BCUT2D eigenvalue weighted by molar-refractivity contribution is 14.1. The number of hydrogen-bond acceptors (Lipinski definition) is 3. The van der Waals surface area contributed by atoms with Gasteiger partial charge in [0.1, 0.15) is 0 Å². The predicted molar refractivity (Wildman–Crippen MR) is 37.0 cm³/mol. The van der Waals surface area contributed by atoms with Gasteiger partial charge in [0, 0.05) is 5.71 Å². The van der Waals surface area contributed by atoms with Crippen LogP contribution in [0.5, 0.6) is 0 Å². The zero-order valence-corrected chi connectivity index (χ0v) is 5.97. The SMILES string of the molecule is CC(=N)/C=N\OI. The van der Waals surface area contributed by atoms with Crippen LogP contribution in [-0.4, -0.2) is 11.9 Å². The van der Waals surface area contributed by atoms with E-state index in [1.807, 2.05) is 0 Å². The maximum Gasteiger partial charge on any atom is 0.230 e. The first-order valence-electron chi connectivity index (χ1n) is 1.63. The first kappa shape index (κ1) is 6.87. The summed E-state index contributed by atoms with van der Waals surface area (Å²) in [6.45, 7) is 1.62. The van der Waals surface area contributed by atoms with E-state index < -0.39 is 0 Å². The van der Waals surface area contributed by atoms with Crippen LogP contribution in [0.25, 0.3) is 0 Å². The van der Waals surface area contributed by atoms with Gasteiger partial charge in [-0.1, -0.05) is 5.16 Å². The number of rotatable bonds is 2. The van der Waals surface area contributed by atoms with Gasteiger partial charge in [-0.05, 0) is 6.92 Å². The van der Waals surface area contributed by atoms with E-state index in [-0.39, 0.29) is 0 Å². The Morgan fingerprint density at radius 3 is 2.71 bits per heavy atom. The Bertz CT molecular complexity index is 90.9. The average Bonchev–Trinajstić information content (AvgIpc) is 1.61. The summed E-state index contributed by atoms with van der Waals surface area (Å²) in [6.07, 6.45) is 1.33. The van der Waals surface area contributed by atoms with Crippen LogP contribution >= 0.6 is 23.0 Å². The Labute approximate surface area is 55.9 Å². The van der Waals surface area contributed by atoms with Crippen molar-refractivity contribution in [2.45, 2.75) is 6.92 Å². The van der Waals surface area contributed by atoms with E-state index in [0.717, 1.165) is 0 Å². The van der Waals surface area contributed by atoms with Gasteiger partial charge in [-0.25, -0.2) is 0 Å². The van der Waals surface area contributed by atoms with E-state index in [9.17, 15) is 0 Å². The van der Waals surface area contributed by atoms with Gasteiger partial charge in [0.05, 0.1) is 6.21 Å². The van der Waals surface area contributed by atoms with Gasteiger partial charge in [0.25, 0.3) is 0 Å². The van der Waals surface area contributed by atoms with Crippen LogP contribution in [-0.2, 0) is 3.17 Å². The zero-order chi connectivity index (χ0) is 5.70. The molecular weight excluding hydrogens is 207 g/mol. The van der Waals surface area contributed by atoms with Gasteiger partial charge >= 0.3 is 0 Å². The highest BCUT2D eigenvalue weighted by Gasteiger charge is 1.73. The molecule has 0 aromatic heterocycles. The third-order valence-electron chi connectivity index (χ3n) is 0.286. The normalized spacial score (nSPS) is 9.43. The molecule has 0 amide bonds. The van der Waals surface area contributed by atoms with Crippen LogP contribution in [0.1, 0.15) is 6.92 Å². The summed E-state index contributed by atoms with van der Waals surface area (Å²) in [6, 6.07) is 0. The van der Waals surface area contributed by atoms with E-state index in [1.54, 1.807) is 29.9 Å². The maximum atomic E-state index is 6.76. The summed E-state index contributed by atoms with van der Waals surface area (Å²) >= 11 is 1.63. The molecule has 0 bridgehead atoms. The largest absolute Gasteiger partial charge is 0.327 e. The number of nitrogens with zero attached hydrogens (tertiary/aromatic N) is 1. The van der Waals surface area contributed by atoms with Crippen LogP contribution in [0.2, 0.25) is 0 Å². The molecule has 0 aliphatic heterocycles. The highest BCUT2D eigenvalue weighted by atomic mass is 127. The van der Waals surface area contributed by atoms with E-state index in [4.69, 9.17) is 5.41 Å². The maximum absolute atomic E-state index is 6.76.